The van der Waals surface area contributed by atoms with E-state index in [9.17, 15) is 4.79 Å². The number of carbonyl (C=O) groups is 1. The lowest BCUT2D eigenvalue weighted by Gasteiger charge is -2.25. The fourth-order valence-corrected chi connectivity index (χ4v) is 2.48. The molecule has 5 nitrogen and oxygen atoms in total. The van der Waals surface area contributed by atoms with Crippen LogP contribution in [-0.4, -0.2) is 60.4 Å². The number of likely N-dealkylation sites (N-methyl/N-ethyl adjacent to an activating group) is 1. The standard InChI is InChI=1S/C13H24N2O3/c1-9(15(2)10-3-4-10)7-14-8-11-5-6-12(18-11)13(16)17/h9-12,14H,3-8H2,1-2H3,(H,16,17). The van der Waals surface area contributed by atoms with Gasteiger partial charge in [-0.1, -0.05) is 0 Å². The number of nitrogens with one attached hydrogen (secondary N) is 1. The van der Waals surface area contributed by atoms with E-state index in [4.69, 9.17) is 9.84 Å². The highest BCUT2D eigenvalue weighted by Crippen LogP contribution is 2.26. The Balaban J connectivity index is 1.59. The lowest BCUT2D eigenvalue weighted by molar-refractivity contribution is -0.149. The molecule has 2 aliphatic rings. The molecule has 0 spiro atoms. The predicted octanol–water partition coefficient (Wildman–Crippen LogP) is 0.691. The van der Waals surface area contributed by atoms with Crippen LogP contribution in [0.2, 0.25) is 0 Å². The molecule has 1 heterocycles. The third-order valence-corrected chi connectivity index (χ3v) is 4.01. The van der Waals surface area contributed by atoms with Crippen molar-refractivity contribution in [1.82, 2.24) is 10.2 Å². The minimum absolute atomic E-state index is 0.0598. The molecule has 2 rings (SSSR count). The van der Waals surface area contributed by atoms with E-state index in [1.165, 1.54) is 12.8 Å². The Labute approximate surface area is 108 Å². The van der Waals surface area contributed by atoms with E-state index in [0.29, 0.717) is 12.5 Å². The van der Waals surface area contributed by atoms with Gasteiger partial charge in [-0.25, -0.2) is 4.79 Å². The monoisotopic (exact) mass is 256 g/mol. The van der Waals surface area contributed by atoms with Gasteiger partial charge in [-0.3, -0.25) is 4.90 Å². The second-order valence-electron chi connectivity index (χ2n) is 5.57. The van der Waals surface area contributed by atoms with Crippen molar-refractivity contribution in [3.8, 4) is 0 Å². The average Bonchev–Trinajstić information content (AvgIpc) is 3.07. The molecule has 0 radical (unpaired) electrons. The lowest BCUT2D eigenvalue weighted by atomic mass is 10.2. The van der Waals surface area contributed by atoms with E-state index in [0.717, 1.165) is 25.6 Å². The van der Waals surface area contributed by atoms with Crippen molar-refractivity contribution >= 4 is 5.97 Å². The maximum atomic E-state index is 10.7. The molecule has 3 atom stereocenters. The summed E-state index contributed by atoms with van der Waals surface area (Å²) in [6.45, 7) is 3.91. The SMILES string of the molecule is CC(CNCC1CCC(C(=O)O)O1)N(C)C1CC1. The zero-order valence-corrected chi connectivity index (χ0v) is 11.3. The third kappa shape index (κ3) is 3.67. The Morgan fingerprint density at radius 2 is 2.17 bits per heavy atom. The molecular weight excluding hydrogens is 232 g/mol. The largest absolute Gasteiger partial charge is 0.479 e. The number of ether oxygens (including phenoxy) is 1. The maximum absolute atomic E-state index is 10.7. The maximum Gasteiger partial charge on any atom is 0.332 e. The molecule has 1 saturated heterocycles. The van der Waals surface area contributed by atoms with Crippen molar-refractivity contribution in [3.63, 3.8) is 0 Å². The number of carboxylic acid groups (broad SMARTS) is 1. The van der Waals surface area contributed by atoms with Crippen molar-refractivity contribution in [2.24, 2.45) is 0 Å². The van der Waals surface area contributed by atoms with E-state index in [1.54, 1.807) is 0 Å². The van der Waals surface area contributed by atoms with Gasteiger partial charge in [0.15, 0.2) is 6.10 Å². The molecule has 3 unspecified atom stereocenters. The summed E-state index contributed by atoms with van der Waals surface area (Å²) in [6.07, 6.45) is 3.60. The highest BCUT2D eigenvalue weighted by molar-refractivity contribution is 5.72. The van der Waals surface area contributed by atoms with E-state index >= 15 is 0 Å². The normalized spacial score (nSPS) is 29.7. The first-order chi connectivity index (χ1) is 8.58. The lowest BCUT2D eigenvalue weighted by Crippen LogP contribution is -2.41. The summed E-state index contributed by atoms with van der Waals surface area (Å²) in [5.41, 5.74) is 0. The van der Waals surface area contributed by atoms with Gasteiger partial charge < -0.3 is 15.2 Å². The zero-order valence-electron chi connectivity index (χ0n) is 11.3. The predicted molar refractivity (Wildman–Crippen MR) is 68.6 cm³/mol. The molecule has 1 aliphatic carbocycles. The first-order valence-corrected chi connectivity index (χ1v) is 6.89. The first-order valence-electron chi connectivity index (χ1n) is 6.89. The van der Waals surface area contributed by atoms with Crippen molar-refractivity contribution < 1.29 is 14.6 Å². The summed E-state index contributed by atoms with van der Waals surface area (Å²) in [5.74, 6) is -0.834. The van der Waals surface area contributed by atoms with Crippen LogP contribution in [0.3, 0.4) is 0 Å². The minimum atomic E-state index is -0.834. The van der Waals surface area contributed by atoms with Gasteiger partial charge >= 0.3 is 5.97 Å². The summed E-state index contributed by atoms with van der Waals surface area (Å²) < 4.78 is 5.45. The zero-order chi connectivity index (χ0) is 13.1. The molecule has 18 heavy (non-hydrogen) atoms. The number of aliphatic carboxylic acids is 1. The molecule has 104 valence electrons. The van der Waals surface area contributed by atoms with Gasteiger partial charge in [-0.2, -0.15) is 0 Å². The highest BCUT2D eigenvalue weighted by Gasteiger charge is 2.31. The topological polar surface area (TPSA) is 61.8 Å². The van der Waals surface area contributed by atoms with Crippen LogP contribution in [0.4, 0.5) is 0 Å². The summed E-state index contributed by atoms with van der Waals surface area (Å²) in [5, 5.41) is 12.2. The Bertz CT molecular complexity index is 294. The molecule has 1 aliphatic heterocycles. The number of nitrogens with zero attached hydrogens (tertiary/aromatic N) is 1. The van der Waals surface area contributed by atoms with Gasteiger partial charge in [0, 0.05) is 25.2 Å². The molecule has 0 aromatic heterocycles. The van der Waals surface area contributed by atoms with Crippen LogP contribution in [0.1, 0.15) is 32.6 Å². The Kier molecular flexibility index (Phi) is 4.59. The van der Waals surface area contributed by atoms with E-state index < -0.39 is 12.1 Å². The van der Waals surface area contributed by atoms with Gasteiger partial charge in [-0.15, -0.1) is 0 Å². The van der Waals surface area contributed by atoms with Crippen LogP contribution in [0.25, 0.3) is 0 Å². The van der Waals surface area contributed by atoms with E-state index in [2.05, 4.69) is 24.2 Å². The minimum Gasteiger partial charge on any atom is -0.479 e. The van der Waals surface area contributed by atoms with E-state index in [-0.39, 0.29) is 6.10 Å². The second kappa shape index (κ2) is 5.99. The third-order valence-electron chi connectivity index (χ3n) is 4.01. The highest BCUT2D eigenvalue weighted by atomic mass is 16.5. The van der Waals surface area contributed by atoms with E-state index in [1.807, 2.05) is 0 Å². The Morgan fingerprint density at radius 3 is 2.72 bits per heavy atom. The summed E-state index contributed by atoms with van der Waals surface area (Å²) in [7, 11) is 2.18. The second-order valence-corrected chi connectivity index (χ2v) is 5.57. The summed E-state index contributed by atoms with van der Waals surface area (Å²) >= 11 is 0. The molecule has 0 aromatic rings. The Morgan fingerprint density at radius 1 is 1.44 bits per heavy atom. The quantitative estimate of drug-likeness (QED) is 0.702. The van der Waals surface area contributed by atoms with Gasteiger partial charge in [0.05, 0.1) is 6.10 Å². The van der Waals surface area contributed by atoms with Gasteiger partial charge in [0.25, 0.3) is 0 Å². The smallest absolute Gasteiger partial charge is 0.332 e. The summed E-state index contributed by atoms with van der Waals surface area (Å²) in [4.78, 5) is 13.2. The van der Waals surface area contributed by atoms with Crippen LogP contribution < -0.4 is 5.32 Å². The Hall–Kier alpha value is -0.650. The number of hydrogen-bond donors (Lipinski definition) is 2. The van der Waals surface area contributed by atoms with Gasteiger partial charge in [0.2, 0.25) is 0 Å². The molecule has 0 aromatic carbocycles. The van der Waals surface area contributed by atoms with Crippen LogP contribution in [0.5, 0.6) is 0 Å². The molecule has 1 saturated carbocycles. The van der Waals surface area contributed by atoms with Crippen LogP contribution in [0.15, 0.2) is 0 Å². The van der Waals surface area contributed by atoms with Crippen molar-refractivity contribution in [3.05, 3.63) is 0 Å². The van der Waals surface area contributed by atoms with Gasteiger partial charge in [-0.05, 0) is 39.7 Å². The van der Waals surface area contributed by atoms with Crippen LogP contribution in [-0.2, 0) is 9.53 Å². The fraction of sp³-hybridized carbons (Fsp3) is 0.923. The number of hydrogen-bond acceptors (Lipinski definition) is 4. The van der Waals surface area contributed by atoms with Crippen molar-refractivity contribution in [2.45, 2.75) is 56.9 Å². The molecule has 0 bridgehead atoms. The average molecular weight is 256 g/mol. The first kappa shape index (κ1) is 13.8. The number of rotatable bonds is 7. The van der Waals surface area contributed by atoms with Crippen molar-refractivity contribution in [2.75, 3.05) is 20.1 Å². The fourth-order valence-electron chi connectivity index (χ4n) is 2.48. The molecular formula is C13H24N2O3. The molecule has 2 fully saturated rings. The molecule has 0 amide bonds. The van der Waals surface area contributed by atoms with Crippen LogP contribution in [0, 0.1) is 0 Å². The molecule has 5 heteroatoms. The van der Waals surface area contributed by atoms with Crippen LogP contribution >= 0.6 is 0 Å². The molecule has 2 N–H and O–H groups in total. The van der Waals surface area contributed by atoms with Crippen molar-refractivity contribution in [1.29, 1.82) is 0 Å². The summed E-state index contributed by atoms with van der Waals surface area (Å²) in [6, 6.07) is 1.30. The van der Waals surface area contributed by atoms with Gasteiger partial charge in [0.1, 0.15) is 0 Å². The number of carboxylic acids is 1.